The number of fused-ring (bicyclic) bond motifs is 5. The highest BCUT2D eigenvalue weighted by atomic mass is 16.4. The average molecular weight is 758 g/mol. The summed E-state index contributed by atoms with van der Waals surface area (Å²) in [4.78, 5) is 12.4. The normalized spacial score (nSPS) is 35.5. The SMILES string of the molecule is CCCCCCCCCCCCCCCC(=O)NC[C@H](O)[C@H](O)[C@H](O)CCC(C)C1CC[C@@]2(C)C1CC[C@]1(C)C2CCC2C(C)(C)C(C(C)C)CC[C@]21C. The zero-order valence-electron chi connectivity index (χ0n) is 37.2. The second kappa shape index (κ2) is 20.4. The summed E-state index contributed by atoms with van der Waals surface area (Å²) in [7, 11) is 0. The Morgan fingerprint density at radius 3 is 1.78 bits per heavy atom. The molecule has 4 aliphatic carbocycles. The minimum atomic E-state index is -1.25. The van der Waals surface area contributed by atoms with Gasteiger partial charge in [0.15, 0.2) is 0 Å². The van der Waals surface area contributed by atoms with Crippen LogP contribution in [-0.4, -0.2) is 46.1 Å². The summed E-state index contributed by atoms with van der Waals surface area (Å²) in [5.41, 5.74) is 1.60. The summed E-state index contributed by atoms with van der Waals surface area (Å²) in [5.74, 6) is 4.99. The lowest BCUT2D eigenvalue weighted by molar-refractivity contribution is -0.224. The molecule has 0 bridgehead atoms. The number of unbranched alkanes of at least 4 members (excludes halogenated alkanes) is 12. The fraction of sp³-hybridized carbons (Fsp3) is 0.980. The van der Waals surface area contributed by atoms with Crippen LogP contribution >= 0.6 is 0 Å². The molecule has 1 amide bonds. The number of aliphatic hydroxyl groups excluding tert-OH is 3. The van der Waals surface area contributed by atoms with Crippen LogP contribution in [0.4, 0.5) is 0 Å². The Morgan fingerprint density at radius 2 is 1.19 bits per heavy atom. The van der Waals surface area contributed by atoms with Crippen LogP contribution in [0.25, 0.3) is 0 Å². The van der Waals surface area contributed by atoms with Crippen molar-refractivity contribution in [3.8, 4) is 0 Å². The summed E-state index contributed by atoms with van der Waals surface area (Å²) in [6, 6.07) is 0. The molecule has 12 atom stereocenters. The Labute approximate surface area is 334 Å². The molecule has 4 saturated carbocycles. The van der Waals surface area contributed by atoms with Crippen LogP contribution in [0, 0.1) is 63.1 Å². The molecule has 0 spiro atoms. The van der Waals surface area contributed by atoms with Crippen LogP contribution in [0.3, 0.4) is 0 Å². The third-order valence-electron chi connectivity index (χ3n) is 17.8. The smallest absolute Gasteiger partial charge is 0.220 e. The first-order valence-electron chi connectivity index (χ1n) is 23.9. The molecule has 4 aliphatic rings. The van der Waals surface area contributed by atoms with E-state index in [1.165, 1.54) is 122 Å². The molecular weight excluding hydrogens is 667 g/mol. The number of hydrogen-bond acceptors (Lipinski definition) is 4. The molecule has 5 nitrogen and oxygen atoms in total. The van der Waals surface area contributed by atoms with Crippen LogP contribution in [0.15, 0.2) is 0 Å². The molecule has 0 aliphatic heterocycles. The van der Waals surface area contributed by atoms with Crippen molar-refractivity contribution in [1.82, 2.24) is 5.32 Å². The lowest BCUT2D eigenvalue weighted by Gasteiger charge is -2.71. The van der Waals surface area contributed by atoms with E-state index in [0.29, 0.717) is 46.3 Å². The van der Waals surface area contributed by atoms with Crippen molar-refractivity contribution < 1.29 is 20.1 Å². The Hall–Kier alpha value is -0.650. The van der Waals surface area contributed by atoms with Gasteiger partial charge in [0.2, 0.25) is 5.91 Å². The summed E-state index contributed by atoms with van der Waals surface area (Å²) < 4.78 is 0. The van der Waals surface area contributed by atoms with E-state index in [0.717, 1.165) is 48.9 Å². The monoisotopic (exact) mass is 758 g/mol. The average Bonchev–Trinajstić information content (AvgIpc) is 3.48. The molecule has 0 aromatic rings. The van der Waals surface area contributed by atoms with Gasteiger partial charge >= 0.3 is 0 Å². The van der Waals surface area contributed by atoms with Crippen molar-refractivity contribution in [2.75, 3.05) is 6.54 Å². The van der Waals surface area contributed by atoms with Gasteiger partial charge in [-0.2, -0.15) is 0 Å². The van der Waals surface area contributed by atoms with Crippen molar-refractivity contribution in [3.05, 3.63) is 0 Å². The lowest BCUT2D eigenvalue weighted by Crippen LogP contribution is -2.64. The van der Waals surface area contributed by atoms with Gasteiger partial charge in [-0.1, -0.05) is 139 Å². The Kier molecular flexibility index (Phi) is 17.4. The minimum absolute atomic E-state index is 0.0106. The molecule has 4 N–H and O–H groups in total. The van der Waals surface area contributed by atoms with E-state index in [-0.39, 0.29) is 12.5 Å². The van der Waals surface area contributed by atoms with Crippen molar-refractivity contribution in [2.24, 2.45) is 63.1 Å². The zero-order valence-corrected chi connectivity index (χ0v) is 37.2. The van der Waals surface area contributed by atoms with Crippen molar-refractivity contribution >= 4 is 5.91 Å². The predicted octanol–water partition coefficient (Wildman–Crippen LogP) is 12.0. The summed E-state index contributed by atoms with van der Waals surface area (Å²) >= 11 is 0. The third-order valence-corrected chi connectivity index (χ3v) is 17.8. The number of hydrogen-bond donors (Lipinski definition) is 4. The van der Waals surface area contributed by atoms with Gasteiger partial charge in [0.25, 0.3) is 0 Å². The van der Waals surface area contributed by atoms with Crippen LogP contribution in [0.2, 0.25) is 0 Å². The maximum atomic E-state index is 12.4. The molecule has 4 rings (SSSR count). The minimum Gasteiger partial charge on any atom is -0.390 e. The summed E-state index contributed by atoms with van der Waals surface area (Å²) in [6.07, 6.45) is 25.8. The van der Waals surface area contributed by atoms with E-state index in [2.05, 4.69) is 67.6 Å². The molecule has 5 heteroatoms. The van der Waals surface area contributed by atoms with Gasteiger partial charge in [-0.05, 0) is 134 Å². The first-order chi connectivity index (χ1) is 25.5. The standard InChI is InChI=1S/C49H91NO4/c1-10-11-12-13-14-15-16-17-18-19-20-21-22-23-44(53)50-34-41(52)45(54)40(51)25-24-36(4)37-28-31-47(7)39(37)30-33-49(9)43(47)27-26-42-46(5,6)38(35(2)3)29-32-48(42,49)8/h35-43,45,51-52,54H,10-34H2,1-9H3,(H,50,53)/t36?,37?,38?,39?,40-,41+,42?,43?,45-,47+,48-,49-/m1/s1. The summed E-state index contributed by atoms with van der Waals surface area (Å²) in [6.45, 7) is 22.9. The molecule has 316 valence electrons. The third kappa shape index (κ3) is 10.3. The molecule has 0 saturated heterocycles. The highest BCUT2D eigenvalue weighted by Gasteiger charge is 2.68. The molecule has 0 aromatic heterocycles. The van der Waals surface area contributed by atoms with E-state index in [1.807, 2.05) is 0 Å². The molecule has 0 radical (unpaired) electrons. The lowest BCUT2D eigenvalue weighted by atomic mass is 9.34. The number of carbonyl (C=O) groups is 1. The molecule has 4 fully saturated rings. The molecule has 54 heavy (non-hydrogen) atoms. The number of nitrogens with one attached hydrogen (secondary N) is 1. The fourth-order valence-corrected chi connectivity index (χ4v) is 14.5. The Balaban J connectivity index is 1.14. The Bertz CT molecular complexity index is 1120. The van der Waals surface area contributed by atoms with Gasteiger partial charge < -0.3 is 20.6 Å². The second-order valence-electron chi connectivity index (χ2n) is 21.6. The topological polar surface area (TPSA) is 89.8 Å². The quantitative estimate of drug-likeness (QED) is 0.0781. The van der Waals surface area contributed by atoms with E-state index in [9.17, 15) is 20.1 Å². The maximum absolute atomic E-state index is 12.4. The van der Waals surface area contributed by atoms with Gasteiger partial charge in [-0.15, -0.1) is 0 Å². The maximum Gasteiger partial charge on any atom is 0.220 e. The van der Waals surface area contributed by atoms with Crippen LogP contribution in [0.1, 0.15) is 216 Å². The van der Waals surface area contributed by atoms with Crippen molar-refractivity contribution in [2.45, 2.75) is 235 Å². The van der Waals surface area contributed by atoms with Crippen LogP contribution in [-0.2, 0) is 4.79 Å². The Morgan fingerprint density at radius 1 is 0.648 bits per heavy atom. The molecular formula is C49H91NO4. The largest absolute Gasteiger partial charge is 0.390 e. The van der Waals surface area contributed by atoms with Gasteiger partial charge in [-0.3, -0.25) is 4.79 Å². The second-order valence-corrected chi connectivity index (χ2v) is 21.6. The molecule has 0 aromatic carbocycles. The van der Waals surface area contributed by atoms with E-state index in [1.54, 1.807) is 0 Å². The van der Waals surface area contributed by atoms with Gasteiger partial charge in [0, 0.05) is 13.0 Å². The number of amides is 1. The van der Waals surface area contributed by atoms with E-state index < -0.39 is 18.3 Å². The predicted molar refractivity (Wildman–Crippen MR) is 227 cm³/mol. The van der Waals surface area contributed by atoms with Crippen molar-refractivity contribution in [1.29, 1.82) is 0 Å². The van der Waals surface area contributed by atoms with E-state index in [4.69, 9.17) is 0 Å². The highest BCUT2D eigenvalue weighted by molar-refractivity contribution is 5.75. The number of aliphatic hydroxyl groups is 3. The zero-order chi connectivity index (χ0) is 39.7. The van der Waals surface area contributed by atoms with E-state index >= 15 is 0 Å². The van der Waals surface area contributed by atoms with Gasteiger partial charge in [0.1, 0.15) is 6.10 Å². The molecule has 0 heterocycles. The van der Waals surface area contributed by atoms with Crippen molar-refractivity contribution in [3.63, 3.8) is 0 Å². The van der Waals surface area contributed by atoms with Crippen LogP contribution < -0.4 is 5.32 Å². The number of carbonyl (C=O) groups excluding carboxylic acids is 1. The molecule has 6 unspecified atom stereocenters. The summed E-state index contributed by atoms with van der Waals surface area (Å²) in [5, 5.41) is 35.3. The first kappa shape index (κ1) is 46.0. The van der Waals surface area contributed by atoms with Gasteiger partial charge in [0.05, 0.1) is 12.2 Å². The van der Waals surface area contributed by atoms with Gasteiger partial charge in [-0.25, -0.2) is 0 Å². The fourth-order valence-electron chi connectivity index (χ4n) is 14.5. The van der Waals surface area contributed by atoms with Crippen LogP contribution in [0.5, 0.6) is 0 Å². The number of rotatable bonds is 23. The highest BCUT2D eigenvalue weighted by Crippen LogP contribution is 2.76. The first-order valence-corrected chi connectivity index (χ1v) is 23.9.